The Kier molecular flexibility index (Phi) is 5.98. The highest BCUT2D eigenvalue weighted by Gasteiger charge is 2.49. The van der Waals surface area contributed by atoms with E-state index in [1.165, 1.54) is 19.8 Å². The van der Waals surface area contributed by atoms with Crippen LogP contribution in [0.5, 0.6) is 0 Å². The lowest BCUT2D eigenvalue weighted by atomic mass is 9.74. The number of carbonyl (C=O) groups excluding carboxylic acids is 1. The number of nitrogens with zero attached hydrogens (tertiary/aromatic N) is 1. The van der Waals surface area contributed by atoms with Crippen molar-refractivity contribution in [3.63, 3.8) is 0 Å². The van der Waals surface area contributed by atoms with Gasteiger partial charge in [0.1, 0.15) is 6.10 Å². The Morgan fingerprint density at radius 2 is 2.00 bits per heavy atom. The number of carbonyl (C=O) groups is 1. The van der Waals surface area contributed by atoms with Gasteiger partial charge in [-0.3, -0.25) is 9.69 Å². The molecular weight excluding hydrogens is 328 g/mol. The van der Waals surface area contributed by atoms with Gasteiger partial charge in [0.05, 0.1) is 6.61 Å². The van der Waals surface area contributed by atoms with Gasteiger partial charge in [-0.25, -0.2) is 0 Å². The van der Waals surface area contributed by atoms with Crippen LogP contribution in [0.4, 0.5) is 0 Å². The highest BCUT2D eigenvalue weighted by Crippen LogP contribution is 2.43. The van der Waals surface area contributed by atoms with E-state index in [0.717, 1.165) is 23.6 Å². The largest absolute Gasteiger partial charge is 0.395 e. The van der Waals surface area contributed by atoms with Gasteiger partial charge in [0, 0.05) is 43.6 Å². The molecule has 140 valence electrons. The van der Waals surface area contributed by atoms with E-state index in [9.17, 15) is 15.0 Å². The van der Waals surface area contributed by atoms with Crippen molar-refractivity contribution in [2.45, 2.75) is 50.8 Å². The lowest BCUT2D eigenvalue weighted by Crippen LogP contribution is -2.67. The predicted molar refractivity (Wildman–Crippen MR) is 101 cm³/mol. The van der Waals surface area contributed by atoms with Crippen LogP contribution in [0.3, 0.4) is 0 Å². The maximum Gasteiger partial charge on any atom is 0.216 e. The first kappa shape index (κ1) is 18.9. The van der Waals surface area contributed by atoms with E-state index in [2.05, 4.69) is 34.2 Å². The molecule has 1 aromatic rings. The number of hydrogen-bond donors (Lipinski definition) is 3. The van der Waals surface area contributed by atoms with Crippen molar-refractivity contribution >= 4 is 5.91 Å². The average molecular weight is 356 g/mol. The highest BCUT2D eigenvalue weighted by atomic mass is 16.3. The Balaban J connectivity index is 1.76. The lowest BCUT2D eigenvalue weighted by molar-refractivity contribution is -0.120. The third kappa shape index (κ3) is 4.45. The zero-order valence-electron chi connectivity index (χ0n) is 15.5. The van der Waals surface area contributed by atoms with Gasteiger partial charge in [-0.2, -0.15) is 0 Å². The number of nitrogens with one attached hydrogen (secondary N) is 1. The molecule has 3 N–H and O–H groups in total. The van der Waals surface area contributed by atoms with Crippen LogP contribution in [0.15, 0.2) is 24.3 Å². The number of aliphatic hydroxyl groups is 2. The van der Waals surface area contributed by atoms with Crippen LogP contribution in [0, 0.1) is 17.8 Å². The van der Waals surface area contributed by atoms with Crippen LogP contribution in [-0.4, -0.2) is 58.9 Å². The van der Waals surface area contributed by atoms with Crippen LogP contribution >= 0.6 is 0 Å². The minimum atomic E-state index is -0.641. The molecule has 5 nitrogen and oxygen atoms in total. The fourth-order valence-corrected chi connectivity index (χ4v) is 3.81. The fourth-order valence-electron chi connectivity index (χ4n) is 3.81. The van der Waals surface area contributed by atoms with E-state index in [0.29, 0.717) is 6.54 Å². The highest BCUT2D eigenvalue weighted by molar-refractivity contribution is 5.72. The number of amides is 1. The van der Waals surface area contributed by atoms with Gasteiger partial charge < -0.3 is 15.5 Å². The topological polar surface area (TPSA) is 72.8 Å². The molecule has 1 aliphatic heterocycles. The van der Waals surface area contributed by atoms with Gasteiger partial charge in [-0.15, -0.1) is 0 Å². The number of likely N-dealkylation sites (tertiary alicyclic amines) is 1. The monoisotopic (exact) mass is 356 g/mol. The van der Waals surface area contributed by atoms with E-state index in [4.69, 9.17) is 0 Å². The van der Waals surface area contributed by atoms with E-state index in [1.54, 1.807) is 6.92 Å². The number of benzene rings is 1. The van der Waals surface area contributed by atoms with Crippen molar-refractivity contribution in [3.8, 4) is 11.8 Å². The molecule has 1 heterocycles. The standard InChI is InChI=1S/C21H28N2O3/c1-14(25)3-4-16-7-9-18(10-8-16)21-19(11-22-15(2)26)23(20(21)13-24)12-17-5-6-17/h7-10,14,17,19-21,24-25H,5-6,11-13H2,1-2H3,(H,22,26)/t14-,19-,20+,21+/m0/s1. The second-order valence-electron chi connectivity index (χ2n) is 7.49. The number of hydrogen-bond acceptors (Lipinski definition) is 4. The molecule has 2 aliphatic rings. The average Bonchev–Trinajstić information content (AvgIpc) is 3.41. The first-order chi connectivity index (χ1) is 12.5. The van der Waals surface area contributed by atoms with Crippen LogP contribution in [-0.2, 0) is 4.79 Å². The molecule has 2 fully saturated rings. The summed E-state index contributed by atoms with van der Waals surface area (Å²) in [6, 6.07) is 8.33. The summed E-state index contributed by atoms with van der Waals surface area (Å²) in [5, 5.41) is 22.2. The summed E-state index contributed by atoms with van der Waals surface area (Å²) < 4.78 is 0. The normalized spacial score (nSPS) is 26.4. The molecule has 0 unspecified atom stereocenters. The Morgan fingerprint density at radius 1 is 1.31 bits per heavy atom. The van der Waals surface area contributed by atoms with E-state index < -0.39 is 6.10 Å². The van der Waals surface area contributed by atoms with E-state index >= 15 is 0 Å². The summed E-state index contributed by atoms with van der Waals surface area (Å²) in [6.07, 6.45) is 1.89. The van der Waals surface area contributed by atoms with Gasteiger partial charge in [0.2, 0.25) is 5.91 Å². The summed E-state index contributed by atoms with van der Waals surface area (Å²) in [5.74, 6) is 6.61. The molecule has 4 atom stereocenters. The van der Waals surface area contributed by atoms with Crippen molar-refractivity contribution < 1.29 is 15.0 Å². The third-order valence-electron chi connectivity index (χ3n) is 5.32. The van der Waals surface area contributed by atoms with Crippen molar-refractivity contribution in [3.05, 3.63) is 35.4 Å². The molecule has 3 rings (SSSR count). The molecule has 0 spiro atoms. The molecule has 5 heteroatoms. The van der Waals surface area contributed by atoms with Gasteiger partial charge in [-0.1, -0.05) is 24.0 Å². The maximum atomic E-state index is 11.4. The van der Waals surface area contributed by atoms with Crippen LogP contribution < -0.4 is 5.32 Å². The van der Waals surface area contributed by atoms with E-state index in [1.807, 2.05) is 12.1 Å². The second-order valence-corrected chi connectivity index (χ2v) is 7.49. The van der Waals surface area contributed by atoms with Gasteiger partial charge in [-0.05, 0) is 43.4 Å². The SMILES string of the molecule is CC(=O)NC[C@H]1[C@@H](c2ccc(C#C[C@H](C)O)cc2)[C@@H](CO)N1CC1CC1. The summed E-state index contributed by atoms with van der Waals surface area (Å²) in [4.78, 5) is 13.7. The molecule has 26 heavy (non-hydrogen) atoms. The van der Waals surface area contributed by atoms with Crippen molar-refractivity contribution in [2.75, 3.05) is 19.7 Å². The molecule has 0 radical (unpaired) electrons. The van der Waals surface area contributed by atoms with Crippen LogP contribution in [0.2, 0.25) is 0 Å². The molecule has 0 bridgehead atoms. The molecule has 1 aromatic carbocycles. The first-order valence-electron chi connectivity index (χ1n) is 9.40. The smallest absolute Gasteiger partial charge is 0.216 e. The van der Waals surface area contributed by atoms with Crippen molar-refractivity contribution in [2.24, 2.45) is 5.92 Å². The van der Waals surface area contributed by atoms with Crippen LogP contribution in [0.1, 0.15) is 43.7 Å². The van der Waals surface area contributed by atoms with E-state index in [-0.39, 0.29) is 30.5 Å². The molecule has 1 amide bonds. The fraction of sp³-hybridized carbons (Fsp3) is 0.571. The van der Waals surface area contributed by atoms with Crippen molar-refractivity contribution in [1.29, 1.82) is 0 Å². The third-order valence-corrected chi connectivity index (χ3v) is 5.32. The zero-order chi connectivity index (χ0) is 18.7. The minimum Gasteiger partial charge on any atom is -0.395 e. The first-order valence-corrected chi connectivity index (χ1v) is 9.40. The Labute approximate surface area is 155 Å². The summed E-state index contributed by atoms with van der Waals surface area (Å²) in [5.41, 5.74) is 2.02. The molecule has 1 saturated heterocycles. The number of rotatable bonds is 6. The van der Waals surface area contributed by atoms with Gasteiger partial charge in [0.25, 0.3) is 0 Å². The zero-order valence-corrected chi connectivity index (χ0v) is 15.5. The van der Waals surface area contributed by atoms with Crippen molar-refractivity contribution in [1.82, 2.24) is 10.2 Å². The number of aliphatic hydroxyl groups excluding tert-OH is 2. The molecule has 1 aliphatic carbocycles. The Bertz CT molecular complexity index is 685. The minimum absolute atomic E-state index is 0.0219. The predicted octanol–water partition coefficient (Wildman–Crippen LogP) is 1.09. The van der Waals surface area contributed by atoms with Crippen LogP contribution in [0.25, 0.3) is 0 Å². The maximum absolute atomic E-state index is 11.4. The summed E-state index contributed by atoms with van der Waals surface area (Å²) in [6.45, 7) is 4.91. The molecule has 1 saturated carbocycles. The molecule has 0 aromatic heterocycles. The van der Waals surface area contributed by atoms with Gasteiger partial charge >= 0.3 is 0 Å². The molecular formula is C21H28N2O3. The summed E-state index contributed by atoms with van der Waals surface area (Å²) >= 11 is 0. The Hall–Kier alpha value is -1.87. The second kappa shape index (κ2) is 8.22. The lowest BCUT2D eigenvalue weighted by Gasteiger charge is -2.55. The summed E-state index contributed by atoms with van der Waals surface area (Å²) in [7, 11) is 0. The Morgan fingerprint density at radius 3 is 2.54 bits per heavy atom. The van der Waals surface area contributed by atoms with Gasteiger partial charge in [0.15, 0.2) is 0 Å². The quantitative estimate of drug-likeness (QED) is 0.668.